The Morgan fingerprint density at radius 1 is 0.688 bits per heavy atom. The molecule has 0 bridgehead atoms. The minimum atomic E-state index is -0.521. The van der Waals surface area contributed by atoms with E-state index >= 15 is 0 Å². The Balaban J connectivity index is 1.84. The minimum Gasteiger partial charge on any atom is -0.466 e. The van der Waals surface area contributed by atoms with Crippen molar-refractivity contribution in [3.8, 4) is 5.75 Å². The normalized spacial score (nSPS) is 10.8. The lowest BCUT2D eigenvalue weighted by Gasteiger charge is -2.06. The van der Waals surface area contributed by atoms with Gasteiger partial charge in [-0.3, -0.25) is 9.59 Å². The number of unbranched alkanes of at least 4 members (excludes halogenated alkanes) is 13. The molecule has 0 aromatic heterocycles. The topological polar surface area (TPSA) is 52.6 Å². The van der Waals surface area contributed by atoms with Gasteiger partial charge in [0.25, 0.3) is 0 Å². The second kappa shape index (κ2) is 19.8. The number of esters is 2. The molecule has 0 atom stereocenters. The molecule has 0 fully saturated rings. The van der Waals surface area contributed by atoms with Crippen LogP contribution in [0.1, 0.15) is 116 Å². The van der Waals surface area contributed by atoms with E-state index in [0.29, 0.717) is 19.4 Å². The zero-order valence-corrected chi connectivity index (χ0v) is 20.0. The van der Waals surface area contributed by atoms with Crippen LogP contribution in [0.4, 0.5) is 4.39 Å². The molecule has 0 aliphatic heterocycles. The van der Waals surface area contributed by atoms with E-state index in [1.165, 1.54) is 57.1 Å². The summed E-state index contributed by atoms with van der Waals surface area (Å²) >= 11 is 0. The number of hydrogen-bond acceptors (Lipinski definition) is 4. The molecule has 32 heavy (non-hydrogen) atoms. The van der Waals surface area contributed by atoms with E-state index in [1.54, 1.807) is 12.1 Å². The number of carbonyl (C=O) groups excluding carboxylic acids is 2. The molecule has 0 unspecified atom stereocenters. The lowest BCUT2D eigenvalue weighted by atomic mass is 10.1. The molecule has 1 aromatic carbocycles. The second-order valence-corrected chi connectivity index (χ2v) is 8.57. The molecular formula is C27H43FO4. The summed E-state index contributed by atoms with van der Waals surface area (Å²) in [6, 6.07) is 5.92. The van der Waals surface area contributed by atoms with E-state index in [4.69, 9.17) is 9.47 Å². The van der Waals surface area contributed by atoms with Gasteiger partial charge < -0.3 is 9.47 Å². The van der Waals surface area contributed by atoms with E-state index in [1.807, 2.05) is 0 Å². The lowest BCUT2D eigenvalue weighted by Crippen LogP contribution is -2.08. The third-order valence-corrected chi connectivity index (χ3v) is 5.58. The van der Waals surface area contributed by atoms with E-state index in [2.05, 4.69) is 6.92 Å². The molecule has 0 amide bonds. The van der Waals surface area contributed by atoms with Gasteiger partial charge in [-0.05, 0) is 31.4 Å². The number of hydrogen-bond donors (Lipinski definition) is 0. The van der Waals surface area contributed by atoms with Crippen molar-refractivity contribution >= 4 is 11.9 Å². The molecule has 0 saturated carbocycles. The van der Waals surface area contributed by atoms with Gasteiger partial charge >= 0.3 is 11.9 Å². The Morgan fingerprint density at radius 3 is 1.78 bits per heavy atom. The highest BCUT2D eigenvalue weighted by Crippen LogP contribution is 2.17. The van der Waals surface area contributed by atoms with Gasteiger partial charge in [-0.15, -0.1) is 0 Å². The first kappa shape index (κ1) is 28.1. The van der Waals surface area contributed by atoms with Crippen LogP contribution in [0.5, 0.6) is 5.75 Å². The van der Waals surface area contributed by atoms with Crippen molar-refractivity contribution in [2.45, 2.75) is 116 Å². The van der Waals surface area contributed by atoms with Crippen molar-refractivity contribution in [3.63, 3.8) is 0 Å². The van der Waals surface area contributed by atoms with Gasteiger partial charge in [0.2, 0.25) is 0 Å². The van der Waals surface area contributed by atoms with Crippen LogP contribution in [0.3, 0.4) is 0 Å². The van der Waals surface area contributed by atoms with Gasteiger partial charge in [0.05, 0.1) is 6.61 Å². The molecule has 1 rings (SSSR count). The molecule has 182 valence electrons. The summed E-state index contributed by atoms with van der Waals surface area (Å²) in [4.78, 5) is 23.5. The van der Waals surface area contributed by atoms with E-state index in [9.17, 15) is 14.0 Å². The van der Waals surface area contributed by atoms with Crippen molar-refractivity contribution < 1.29 is 23.5 Å². The summed E-state index contributed by atoms with van der Waals surface area (Å²) in [7, 11) is 0. The molecule has 4 nitrogen and oxygen atoms in total. The van der Waals surface area contributed by atoms with Gasteiger partial charge in [-0.1, -0.05) is 96.1 Å². The van der Waals surface area contributed by atoms with Gasteiger partial charge in [0, 0.05) is 12.8 Å². The maximum Gasteiger partial charge on any atom is 0.311 e. The Kier molecular flexibility index (Phi) is 17.4. The van der Waals surface area contributed by atoms with Crippen molar-refractivity contribution in [2.24, 2.45) is 0 Å². The zero-order valence-electron chi connectivity index (χ0n) is 20.0. The molecule has 0 saturated heterocycles. The van der Waals surface area contributed by atoms with Crippen LogP contribution in [-0.4, -0.2) is 18.5 Å². The highest BCUT2D eigenvalue weighted by molar-refractivity contribution is 5.72. The largest absolute Gasteiger partial charge is 0.466 e. The van der Waals surface area contributed by atoms with Crippen LogP contribution in [-0.2, 0) is 14.3 Å². The minimum absolute atomic E-state index is 0.0119. The first-order valence-corrected chi connectivity index (χ1v) is 12.7. The number of benzene rings is 1. The summed E-state index contributed by atoms with van der Waals surface area (Å²) in [5.74, 6) is -1.01. The first-order chi connectivity index (χ1) is 15.6. The number of para-hydroxylation sites is 1. The monoisotopic (exact) mass is 450 g/mol. The van der Waals surface area contributed by atoms with Crippen molar-refractivity contribution in [1.29, 1.82) is 0 Å². The van der Waals surface area contributed by atoms with Crippen LogP contribution in [0, 0.1) is 5.82 Å². The van der Waals surface area contributed by atoms with Gasteiger partial charge in [-0.25, -0.2) is 4.39 Å². The maximum atomic E-state index is 13.4. The molecule has 0 aliphatic carbocycles. The summed E-state index contributed by atoms with van der Waals surface area (Å²) in [6.45, 7) is 2.79. The molecule has 0 radical (unpaired) electrons. The maximum absolute atomic E-state index is 13.4. The van der Waals surface area contributed by atoms with Crippen LogP contribution in [0.25, 0.3) is 0 Å². The molecule has 5 heteroatoms. The fourth-order valence-corrected chi connectivity index (χ4v) is 3.62. The summed E-state index contributed by atoms with van der Waals surface area (Å²) in [6.07, 6.45) is 17.7. The van der Waals surface area contributed by atoms with Gasteiger partial charge in [0.15, 0.2) is 11.6 Å². The molecule has 0 N–H and O–H groups in total. The Morgan fingerprint density at radius 2 is 1.19 bits per heavy atom. The number of ether oxygens (including phenoxy) is 2. The summed E-state index contributed by atoms with van der Waals surface area (Å²) in [5.41, 5.74) is 0. The van der Waals surface area contributed by atoms with E-state index in [-0.39, 0.29) is 11.7 Å². The van der Waals surface area contributed by atoms with Gasteiger partial charge in [-0.2, -0.15) is 0 Å². The van der Waals surface area contributed by atoms with Gasteiger partial charge in [0.1, 0.15) is 0 Å². The molecule has 1 aromatic rings. The van der Waals surface area contributed by atoms with E-state index < -0.39 is 11.8 Å². The number of rotatable bonds is 20. The van der Waals surface area contributed by atoms with E-state index in [0.717, 1.165) is 51.4 Å². The Labute approximate surface area is 194 Å². The highest BCUT2D eigenvalue weighted by atomic mass is 19.1. The average Bonchev–Trinajstić information content (AvgIpc) is 2.78. The molecule has 0 spiro atoms. The lowest BCUT2D eigenvalue weighted by molar-refractivity contribution is -0.144. The fraction of sp³-hybridized carbons (Fsp3) is 0.704. The molecular weight excluding hydrogens is 407 g/mol. The highest BCUT2D eigenvalue weighted by Gasteiger charge is 2.08. The standard InChI is InChI=1S/C27H43FO4/c1-2-3-4-5-6-7-10-13-18-23-31-26(29)21-14-11-8-9-12-15-22-27(30)32-25-20-17-16-19-24(25)28/h16-17,19-20H,2-15,18,21-23H2,1H3. The predicted molar refractivity (Wildman–Crippen MR) is 127 cm³/mol. The van der Waals surface area contributed by atoms with Crippen LogP contribution >= 0.6 is 0 Å². The first-order valence-electron chi connectivity index (χ1n) is 12.7. The smallest absolute Gasteiger partial charge is 0.311 e. The third kappa shape index (κ3) is 15.8. The molecule has 0 aliphatic rings. The van der Waals surface area contributed by atoms with Crippen LogP contribution in [0.2, 0.25) is 0 Å². The van der Waals surface area contributed by atoms with Crippen LogP contribution < -0.4 is 4.74 Å². The van der Waals surface area contributed by atoms with Crippen LogP contribution in [0.15, 0.2) is 24.3 Å². The third-order valence-electron chi connectivity index (χ3n) is 5.58. The summed E-state index contributed by atoms with van der Waals surface area (Å²) in [5, 5.41) is 0. The Bertz CT molecular complexity index is 617. The fourth-order valence-electron chi connectivity index (χ4n) is 3.62. The Hall–Kier alpha value is -1.91. The van der Waals surface area contributed by atoms with Crippen molar-refractivity contribution in [3.05, 3.63) is 30.1 Å². The predicted octanol–water partition coefficient (Wildman–Crippen LogP) is 7.93. The SMILES string of the molecule is CCCCCCCCCCCOC(=O)CCCCCCCCC(=O)Oc1ccccc1F. The van der Waals surface area contributed by atoms with Crippen molar-refractivity contribution in [1.82, 2.24) is 0 Å². The van der Waals surface area contributed by atoms with Crippen molar-refractivity contribution in [2.75, 3.05) is 6.61 Å². The zero-order chi connectivity index (χ0) is 23.3. The average molecular weight is 451 g/mol. The summed E-state index contributed by atoms with van der Waals surface area (Å²) < 4.78 is 23.8. The number of carbonyl (C=O) groups is 2. The second-order valence-electron chi connectivity index (χ2n) is 8.57. The quantitative estimate of drug-likeness (QED) is 0.115. The number of halogens is 1. The molecule has 0 heterocycles.